The Labute approximate surface area is 266 Å². The van der Waals surface area contributed by atoms with Crippen molar-refractivity contribution in [2.45, 2.75) is 68.3 Å². The van der Waals surface area contributed by atoms with Gasteiger partial charge in [-0.2, -0.15) is 0 Å². The first-order valence-electron chi connectivity index (χ1n) is 15.5. The van der Waals surface area contributed by atoms with Crippen molar-refractivity contribution in [3.8, 4) is 0 Å². The van der Waals surface area contributed by atoms with Gasteiger partial charge in [-0.1, -0.05) is 79.7 Å². The number of benzene rings is 2. The molecule has 2 bridgehead atoms. The number of carbonyl (C=O) groups excluding carboxylic acids is 3. The Hall–Kier alpha value is -3.36. The molecule has 3 amide bonds. The first-order chi connectivity index (χ1) is 21.0. The second-order valence-corrected chi connectivity index (χ2v) is 14.9. The highest BCUT2D eigenvalue weighted by Gasteiger charge is 2.77. The zero-order chi connectivity index (χ0) is 31.8. The number of aliphatic hydroxyl groups excluding tert-OH is 1. The highest BCUT2D eigenvalue weighted by molar-refractivity contribution is 8.02. The normalized spacial score (nSPS) is 28.0. The van der Waals surface area contributed by atoms with E-state index in [4.69, 9.17) is 0 Å². The van der Waals surface area contributed by atoms with Crippen molar-refractivity contribution in [1.29, 1.82) is 0 Å². The summed E-state index contributed by atoms with van der Waals surface area (Å²) in [7, 11) is 0. The maximum Gasteiger partial charge on any atom is 0.247 e. The topological polar surface area (TPSA) is 81.2 Å². The summed E-state index contributed by atoms with van der Waals surface area (Å²) in [6.07, 6.45) is 4.18. The van der Waals surface area contributed by atoms with Crippen molar-refractivity contribution >= 4 is 29.5 Å². The molecule has 1 N–H and O–H groups in total. The smallest absolute Gasteiger partial charge is 0.247 e. The van der Waals surface area contributed by atoms with Gasteiger partial charge >= 0.3 is 0 Å². The fraction of sp³-hybridized carbons (Fsp3) is 0.472. The van der Waals surface area contributed by atoms with Crippen molar-refractivity contribution in [2.75, 3.05) is 19.7 Å². The Morgan fingerprint density at radius 3 is 2.23 bits per heavy atom. The van der Waals surface area contributed by atoms with Crippen LogP contribution in [0.5, 0.6) is 0 Å². The Balaban J connectivity index is 1.63. The van der Waals surface area contributed by atoms with Gasteiger partial charge in [-0.15, -0.1) is 24.9 Å². The summed E-state index contributed by atoms with van der Waals surface area (Å²) < 4.78 is -0.807. The van der Waals surface area contributed by atoms with Gasteiger partial charge in [0.15, 0.2) is 0 Å². The Morgan fingerprint density at radius 1 is 1.05 bits per heavy atom. The number of likely N-dealkylation sites (tertiary alicyclic amines) is 1. The number of nitrogens with zero attached hydrogens (tertiary/aromatic N) is 3. The predicted molar refractivity (Wildman–Crippen MR) is 175 cm³/mol. The third kappa shape index (κ3) is 5.30. The molecule has 3 unspecified atom stereocenters. The molecule has 8 heteroatoms. The summed E-state index contributed by atoms with van der Waals surface area (Å²) >= 11 is 1.66. The van der Waals surface area contributed by atoms with Crippen LogP contribution in [0.4, 0.5) is 0 Å². The van der Waals surface area contributed by atoms with Crippen molar-refractivity contribution in [2.24, 2.45) is 17.8 Å². The van der Waals surface area contributed by atoms with Gasteiger partial charge in [0.1, 0.15) is 6.04 Å². The molecule has 0 saturated carbocycles. The summed E-state index contributed by atoms with van der Waals surface area (Å²) in [4.78, 5) is 49.6. The molecule has 3 aliphatic heterocycles. The lowest BCUT2D eigenvalue weighted by Crippen LogP contribution is -2.61. The van der Waals surface area contributed by atoms with Crippen LogP contribution in [-0.2, 0) is 20.9 Å². The van der Waals surface area contributed by atoms with Crippen LogP contribution in [0.1, 0.15) is 51.3 Å². The Bertz CT molecular complexity index is 1390. The molecule has 2 aromatic carbocycles. The minimum Gasteiger partial charge on any atom is -0.394 e. The number of carbonyl (C=O) groups is 3. The van der Waals surface area contributed by atoms with Crippen LogP contribution in [-0.4, -0.2) is 78.8 Å². The van der Waals surface area contributed by atoms with E-state index in [9.17, 15) is 19.5 Å². The van der Waals surface area contributed by atoms with Gasteiger partial charge in [-0.05, 0) is 44.2 Å². The van der Waals surface area contributed by atoms with Crippen LogP contribution in [0.3, 0.4) is 0 Å². The molecule has 3 fully saturated rings. The van der Waals surface area contributed by atoms with Crippen LogP contribution in [0, 0.1) is 17.8 Å². The summed E-state index contributed by atoms with van der Waals surface area (Å²) in [6.45, 7) is 16.6. The van der Waals surface area contributed by atoms with Crippen LogP contribution in [0.25, 0.3) is 0 Å². The molecule has 3 heterocycles. The summed E-state index contributed by atoms with van der Waals surface area (Å²) in [5, 5.41) is 10.7. The maximum atomic E-state index is 14.9. The molecule has 1 spiro atoms. The molecule has 234 valence electrons. The average Bonchev–Trinajstić information content (AvgIpc) is 3.60. The quantitative estimate of drug-likeness (QED) is 0.357. The largest absolute Gasteiger partial charge is 0.394 e. The van der Waals surface area contributed by atoms with Gasteiger partial charge in [-0.3, -0.25) is 14.4 Å². The minimum atomic E-state index is -0.846. The molecule has 3 aliphatic rings. The summed E-state index contributed by atoms with van der Waals surface area (Å²) in [6, 6.07) is 17.7. The van der Waals surface area contributed by atoms with E-state index in [1.54, 1.807) is 38.6 Å². The lowest BCUT2D eigenvalue weighted by molar-refractivity contribution is -0.149. The molecular weight excluding hydrogens is 570 g/mol. The average molecular weight is 616 g/mol. The number of fused-ring (bicyclic) bond motifs is 1. The van der Waals surface area contributed by atoms with E-state index < -0.39 is 34.2 Å². The van der Waals surface area contributed by atoms with Crippen molar-refractivity contribution in [1.82, 2.24) is 14.7 Å². The van der Waals surface area contributed by atoms with E-state index in [0.29, 0.717) is 19.6 Å². The highest BCUT2D eigenvalue weighted by atomic mass is 32.2. The van der Waals surface area contributed by atoms with E-state index in [1.807, 2.05) is 81.4 Å². The Kier molecular flexibility index (Phi) is 9.15. The Morgan fingerprint density at radius 2 is 1.66 bits per heavy atom. The molecule has 0 radical (unpaired) electrons. The number of aliphatic hydroxyl groups is 1. The molecule has 0 aromatic heterocycles. The first kappa shape index (κ1) is 32.0. The molecule has 3 saturated heterocycles. The lowest BCUT2D eigenvalue weighted by atomic mass is 9.65. The summed E-state index contributed by atoms with van der Waals surface area (Å²) in [5.74, 6) is -1.72. The molecule has 0 aliphatic carbocycles. The van der Waals surface area contributed by atoms with Crippen LogP contribution >= 0.6 is 11.8 Å². The number of hydrogen-bond acceptors (Lipinski definition) is 5. The maximum absolute atomic E-state index is 14.9. The molecular formula is C36H45N3O4S. The number of hydrogen-bond donors (Lipinski definition) is 1. The minimum absolute atomic E-state index is 0.0112. The predicted octanol–water partition coefficient (Wildman–Crippen LogP) is 5.09. The van der Waals surface area contributed by atoms with E-state index in [1.165, 1.54) is 0 Å². The zero-order valence-electron chi connectivity index (χ0n) is 26.3. The van der Waals surface area contributed by atoms with Crippen molar-refractivity contribution < 1.29 is 19.5 Å². The third-order valence-electron chi connectivity index (χ3n) is 9.66. The van der Waals surface area contributed by atoms with Crippen molar-refractivity contribution in [3.05, 3.63) is 97.1 Å². The highest BCUT2D eigenvalue weighted by Crippen LogP contribution is 2.69. The van der Waals surface area contributed by atoms with Crippen molar-refractivity contribution in [3.63, 3.8) is 0 Å². The lowest BCUT2D eigenvalue weighted by Gasteiger charge is -2.45. The SMILES string of the molecule is C=CCN(Cc1ccccc1)C(=O)[C@@H]1[C@H]2C(=O)N([C@H](CO)c3ccccc3)C(C(=O)N(CC=C)C(C)(C)C)C23S[C@@H]1CC3C. The van der Waals surface area contributed by atoms with Gasteiger partial charge in [-0.25, -0.2) is 0 Å². The molecule has 44 heavy (non-hydrogen) atoms. The monoisotopic (exact) mass is 615 g/mol. The molecule has 7 nitrogen and oxygen atoms in total. The van der Waals surface area contributed by atoms with E-state index >= 15 is 0 Å². The van der Waals surface area contributed by atoms with Gasteiger partial charge in [0.2, 0.25) is 17.7 Å². The van der Waals surface area contributed by atoms with Gasteiger partial charge in [0.25, 0.3) is 0 Å². The molecule has 2 aromatic rings. The fourth-order valence-electron chi connectivity index (χ4n) is 7.76. The van der Waals surface area contributed by atoms with Gasteiger partial charge in [0.05, 0.1) is 29.2 Å². The number of amides is 3. The first-order valence-corrected chi connectivity index (χ1v) is 16.4. The van der Waals surface area contributed by atoms with Crippen LogP contribution < -0.4 is 0 Å². The van der Waals surface area contributed by atoms with E-state index in [-0.39, 0.29) is 35.5 Å². The number of thioether (sulfide) groups is 1. The second-order valence-electron chi connectivity index (χ2n) is 13.3. The van der Waals surface area contributed by atoms with E-state index in [2.05, 4.69) is 20.1 Å². The number of rotatable bonds is 11. The van der Waals surface area contributed by atoms with Gasteiger partial charge in [0, 0.05) is 30.4 Å². The molecule has 5 rings (SSSR count). The summed E-state index contributed by atoms with van der Waals surface area (Å²) in [5.41, 5.74) is 1.23. The zero-order valence-corrected chi connectivity index (χ0v) is 27.1. The van der Waals surface area contributed by atoms with Crippen LogP contribution in [0.15, 0.2) is 86.0 Å². The standard InChI is InChI=1S/C36H45N3O4S/c1-7-19-37(22-25-15-11-9-12-16-25)32(41)29-28-21-24(3)36(44-28)30(29)33(42)39(27(23-40)26-17-13-10-14-18-26)31(36)34(43)38(20-8-2)35(4,5)6/h7-18,24,27-31,40H,1-2,19-23H2,3-6H3/t24?,27-,28-,29+,30+,31?,36?/m1/s1. The van der Waals surface area contributed by atoms with Crippen LogP contribution in [0.2, 0.25) is 0 Å². The second kappa shape index (κ2) is 12.6. The fourth-order valence-corrected chi connectivity index (χ4v) is 10.2. The van der Waals surface area contributed by atoms with Gasteiger partial charge < -0.3 is 19.8 Å². The third-order valence-corrected chi connectivity index (χ3v) is 11.7. The molecule has 7 atom stereocenters. The van der Waals surface area contributed by atoms with E-state index in [0.717, 1.165) is 17.5 Å².